The van der Waals surface area contributed by atoms with Gasteiger partial charge in [0, 0.05) is 12.4 Å². The van der Waals surface area contributed by atoms with Crippen LogP contribution in [0.2, 0.25) is 0 Å². The predicted molar refractivity (Wildman–Crippen MR) is 44.4 cm³/mol. The van der Waals surface area contributed by atoms with Gasteiger partial charge >= 0.3 is 37.7 Å². The molecule has 0 fully saturated rings. The van der Waals surface area contributed by atoms with Crippen molar-refractivity contribution >= 4 is 55.9 Å². The van der Waals surface area contributed by atoms with Crippen LogP contribution in [-0.2, 0) is 12.4 Å². The van der Waals surface area contributed by atoms with Gasteiger partial charge in [-0.3, -0.25) is 0 Å². The molecule has 44 valence electrons. The predicted octanol–water partition coefficient (Wildman–Crippen LogP) is 1.13. The molecular weight excluding hydrogens is 158 g/mol. The third-order valence-electron chi connectivity index (χ3n) is 0.862. The molecule has 3 heteroatoms. The summed E-state index contributed by atoms with van der Waals surface area (Å²) in [5.74, 6) is 0. The molecule has 0 amide bonds. The van der Waals surface area contributed by atoms with Crippen LogP contribution in [0.15, 0.2) is 34.7 Å². The zero-order valence-corrected chi connectivity index (χ0v) is 5.06. The zero-order valence-electron chi connectivity index (χ0n) is 4.24. The Labute approximate surface area is 89.6 Å². The summed E-state index contributed by atoms with van der Waals surface area (Å²) in [7, 11) is 0. The van der Waals surface area contributed by atoms with Gasteiger partial charge in [0.05, 0.1) is 5.69 Å². The van der Waals surface area contributed by atoms with E-state index in [1.807, 2.05) is 30.3 Å². The first kappa shape index (κ1) is 9.50. The Morgan fingerprint density at radius 1 is 1.11 bits per heavy atom. The summed E-state index contributed by atoms with van der Waals surface area (Å²) in [4.78, 5) is 0. The van der Waals surface area contributed by atoms with Gasteiger partial charge in [-0.05, 0) is 12.1 Å². The number of benzene rings is 1. The normalized spacial score (nSPS) is 7.56. The Balaban J connectivity index is 0.000000640. The van der Waals surface area contributed by atoms with Gasteiger partial charge in [-0.25, -0.2) is 0 Å². The summed E-state index contributed by atoms with van der Waals surface area (Å²) in [6, 6.07) is 9.49. The molecule has 0 aliphatic heterocycles. The minimum absolute atomic E-state index is 0. The minimum atomic E-state index is 0. The van der Waals surface area contributed by atoms with E-state index in [1.54, 1.807) is 0 Å². The van der Waals surface area contributed by atoms with Crippen molar-refractivity contribution in [3.05, 3.63) is 30.3 Å². The maximum absolute atomic E-state index is 4.44. The van der Waals surface area contributed by atoms with Gasteiger partial charge in [-0.15, -0.1) is 0 Å². The summed E-state index contributed by atoms with van der Waals surface area (Å²) >= 11 is 4.44. The number of hydrogen-bond donors (Lipinski definition) is 0. The molecular formula is C6H7CaNS. The Hall–Kier alpha value is 0.500. The molecule has 9 heavy (non-hydrogen) atoms. The second-order valence-corrected chi connectivity index (χ2v) is 1.61. The van der Waals surface area contributed by atoms with E-state index in [0.717, 1.165) is 5.69 Å². The Morgan fingerprint density at radius 3 is 2.00 bits per heavy atom. The summed E-state index contributed by atoms with van der Waals surface area (Å²) < 4.78 is 3.55. The first-order chi connectivity index (χ1) is 3.93. The van der Waals surface area contributed by atoms with Crippen molar-refractivity contribution in [2.45, 2.75) is 0 Å². The van der Waals surface area contributed by atoms with Crippen LogP contribution in [0.3, 0.4) is 0 Å². The molecule has 0 saturated carbocycles. The fourth-order valence-corrected chi connectivity index (χ4v) is 0.611. The van der Waals surface area contributed by atoms with Crippen molar-refractivity contribution in [1.82, 2.24) is 0 Å². The fraction of sp³-hybridized carbons (Fsp3) is 0. The SMILES string of the molecule is S=Nc1ccccc1.[CaH2]. The molecule has 0 spiro atoms. The van der Waals surface area contributed by atoms with Gasteiger partial charge in [0.1, 0.15) is 0 Å². The summed E-state index contributed by atoms with van der Waals surface area (Å²) in [6.07, 6.45) is 0. The molecule has 0 aliphatic rings. The van der Waals surface area contributed by atoms with Crippen molar-refractivity contribution in [1.29, 1.82) is 0 Å². The van der Waals surface area contributed by atoms with E-state index < -0.39 is 0 Å². The first-order valence-corrected chi connectivity index (χ1v) is 2.68. The summed E-state index contributed by atoms with van der Waals surface area (Å²) in [5, 5.41) is 0. The summed E-state index contributed by atoms with van der Waals surface area (Å²) in [6.45, 7) is 0. The van der Waals surface area contributed by atoms with E-state index in [1.165, 1.54) is 0 Å². The van der Waals surface area contributed by atoms with E-state index in [-0.39, 0.29) is 37.7 Å². The van der Waals surface area contributed by atoms with Crippen molar-refractivity contribution in [3.8, 4) is 0 Å². The Kier molecular flexibility index (Phi) is 5.59. The van der Waals surface area contributed by atoms with Crippen molar-refractivity contribution in [2.75, 3.05) is 0 Å². The van der Waals surface area contributed by atoms with Crippen LogP contribution in [0.4, 0.5) is 5.69 Å². The van der Waals surface area contributed by atoms with Crippen LogP contribution >= 0.6 is 0 Å². The molecule has 0 heterocycles. The van der Waals surface area contributed by atoms with E-state index in [4.69, 9.17) is 0 Å². The first-order valence-electron chi connectivity index (χ1n) is 2.32. The van der Waals surface area contributed by atoms with Crippen molar-refractivity contribution in [2.24, 2.45) is 4.36 Å². The van der Waals surface area contributed by atoms with Gasteiger partial charge in [0.25, 0.3) is 0 Å². The number of rotatable bonds is 1. The molecule has 0 aromatic heterocycles. The van der Waals surface area contributed by atoms with Crippen molar-refractivity contribution < 1.29 is 0 Å². The van der Waals surface area contributed by atoms with Crippen LogP contribution < -0.4 is 0 Å². The van der Waals surface area contributed by atoms with E-state index in [2.05, 4.69) is 16.8 Å². The van der Waals surface area contributed by atoms with E-state index in [9.17, 15) is 0 Å². The molecule has 0 saturated heterocycles. The average Bonchev–Trinajstić information content (AvgIpc) is 1.90. The number of hydrogen-bond acceptors (Lipinski definition) is 2. The van der Waals surface area contributed by atoms with Crippen LogP contribution in [0, 0.1) is 0 Å². The molecule has 0 aliphatic carbocycles. The van der Waals surface area contributed by atoms with Gasteiger partial charge in [-0.1, -0.05) is 18.2 Å². The molecule has 1 aromatic carbocycles. The third-order valence-corrected chi connectivity index (χ3v) is 1.07. The topological polar surface area (TPSA) is 12.4 Å². The van der Waals surface area contributed by atoms with Crippen LogP contribution in [0.1, 0.15) is 0 Å². The van der Waals surface area contributed by atoms with Gasteiger partial charge in [0.2, 0.25) is 0 Å². The molecule has 0 radical (unpaired) electrons. The number of nitrogens with zero attached hydrogens (tertiary/aromatic N) is 1. The van der Waals surface area contributed by atoms with Crippen LogP contribution in [0.5, 0.6) is 0 Å². The molecule has 0 bridgehead atoms. The van der Waals surface area contributed by atoms with Gasteiger partial charge < -0.3 is 0 Å². The fourth-order valence-electron chi connectivity index (χ4n) is 0.489. The molecule has 1 aromatic rings. The van der Waals surface area contributed by atoms with Crippen LogP contribution in [-0.4, -0.2) is 37.7 Å². The molecule has 0 unspecified atom stereocenters. The third kappa shape index (κ3) is 3.26. The average molecular weight is 165 g/mol. The zero-order chi connectivity index (χ0) is 5.82. The summed E-state index contributed by atoms with van der Waals surface area (Å²) in [5.41, 5.74) is 0.850. The monoisotopic (exact) mass is 165 g/mol. The molecule has 1 rings (SSSR count). The molecule has 0 N–H and O–H groups in total. The maximum atomic E-state index is 4.44. The van der Waals surface area contributed by atoms with Gasteiger partial charge in [0.15, 0.2) is 0 Å². The second-order valence-electron chi connectivity index (χ2n) is 1.43. The quantitative estimate of drug-likeness (QED) is 0.568. The van der Waals surface area contributed by atoms with Crippen LogP contribution in [0.25, 0.3) is 0 Å². The Bertz CT molecular complexity index is 176. The molecule has 0 atom stereocenters. The van der Waals surface area contributed by atoms with E-state index >= 15 is 0 Å². The molecule has 1 nitrogen and oxygen atoms in total. The Morgan fingerprint density at radius 2 is 1.67 bits per heavy atom. The standard InChI is InChI=1S/C6H5NS.Ca.2H/c8-7-6-4-2-1-3-5-6;;;/h1-5H;;;. The van der Waals surface area contributed by atoms with E-state index in [0.29, 0.717) is 0 Å². The second kappa shape index (κ2) is 5.30. The van der Waals surface area contributed by atoms with Crippen molar-refractivity contribution in [3.63, 3.8) is 0 Å². The van der Waals surface area contributed by atoms with Gasteiger partial charge in [-0.2, -0.15) is 4.36 Å².